The first-order valence-electron chi connectivity index (χ1n) is 2.18. The van der Waals surface area contributed by atoms with Crippen molar-refractivity contribution in [2.45, 2.75) is 0 Å². The second-order valence-electron chi connectivity index (χ2n) is 1.35. The molecular formula is CH14Ca3Cl2O10P2. The van der Waals surface area contributed by atoms with Crippen LogP contribution in [0.2, 0.25) is 0 Å². The van der Waals surface area contributed by atoms with E-state index in [-0.39, 0.29) is 147 Å². The zero-order valence-electron chi connectivity index (χ0n) is 14.6. The molecule has 0 aromatic heterocycles. The summed E-state index contributed by atoms with van der Waals surface area (Å²) in [6.45, 7) is 0. The molecule has 0 aromatic carbocycles. The fourth-order valence-electron chi connectivity index (χ4n) is 0.139. The van der Waals surface area contributed by atoms with E-state index in [1.807, 2.05) is 0 Å². The molecule has 0 aliphatic rings. The first-order valence-corrected chi connectivity index (χ1v) is 5.24. The summed E-state index contributed by atoms with van der Waals surface area (Å²) in [5, 5.41) is 13.9. The van der Waals surface area contributed by atoms with Crippen LogP contribution in [0.4, 0.5) is 4.79 Å². The monoisotopic (exact) mass is 438 g/mol. The minimum Gasteiger partial charge on any atom is -1.00 e. The van der Waals surface area contributed by atoms with Crippen molar-refractivity contribution >= 4 is 160 Å². The van der Waals surface area contributed by atoms with Crippen LogP contribution in [0.15, 0.2) is 0 Å². The summed E-state index contributed by atoms with van der Waals surface area (Å²) >= 11 is 0. The SMILES string of the molecule is Cl.Cl.O=C(O)O.O=P(O)(O)OP(=O)(O)O.[Ca+2].[Ca+2].[Ca+2].[H-].[H-].[H-].[H-].[H-].[H-]. The van der Waals surface area contributed by atoms with Gasteiger partial charge in [-0.05, 0) is 0 Å². The van der Waals surface area contributed by atoms with Gasteiger partial charge in [-0.15, -0.1) is 24.8 Å². The van der Waals surface area contributed by atoms with Crippen LogP contribution in [0.5, 0.6) is 0 Å². The molecule has 0 saturated heterocycles. The summed E-state index contributed by atoms with van der Waals surface area (Å²) < 4.78 is 22.2. The molecule has 0 rings (SSSR count). The first-order chi connectivity index (χ1) is 5.44. The van der Waals surface area contributed by atoms with Gasteiger partial charge in [-0.3, -0.25) is 0 Å². The molecule has 108 valence electrons. The van der Waals surface area contributed by atoms with Crippen molar-refractivity contribution in [3.63, 3.8) is 0 Å². The number of hydrogen-bond donors (Lipinski definition) is 6. The van der Waals surface area contributed by atoms with Crippen LogP contribution < -0.4 is 0 Å². The maximum Gasteiger partial charge on any atom is 2.00 e. The summed E-state index contributed by atoms with van der Waals surface area (Å²) in [6.07, 6.45) is -1.83. The summed E-state index contributed by atoms with van der Waals surface area (Å²) in [7, 11) is -10.1. The van der Waals surface area contributed by atoms with E-state index in [0.717, 1.165) is 0 Å². The third-order valence-corrected chi connectivity index (χ3v) is 1.91. The van der Waals surface area contributed by atoms with Gasteiger partial charge in [-0.25, -0.2) is 13.9 Å². The normalized spacial score (nSPS) is 8.22. The summed E-state index contributed by atoms with van der Waals surface area (Å²) in [5.74, 6) is 0. The van der Waals surface area contributed by atoms with Gasteiger partial charge in [-0.2, -0.15) is 4.31 Å². The molecule has 0 amide bonds. The Hall–Kier alpha value is 3.89. The van der Waals surface area contributed by atoms with Gasteiger partial charge in [0.05, 0.1) is 0 Å². The van der Waals surface area contributed by atoms with E-state index in [1.54, 1.807) is 0 Å². The molecule has 0 bridgehead atoms. The average Bonchev–Trinajstić information content (AvgIpc) is 1.47. The molecule has 0 heterocycles. The Morgan fingerprint density at radius 3 is 0.944 bits per heavy atom. The number of hydrogen-bond acceptors (Lipinski definition) is 4. The topological polar surface area (TPSA) is 182 Å². The Balaban J connectivity index is -0.00000000683. The number of carboxylic acid groups (broad SMARTS) is 2. The number of rotatable bonds is 2. The van der Waals surface area contributed by atoms with Crippen LogP contribution in [0.1, 0.15) is 8.56 Å². The number of phosphoric acid groups is 2. The predicted molar refractivity (Wildman–Crippen MR) is 74.3 cm³/mol. The number of carbonyl (C=O) groups is 1. The Kier molecular flexibility index (Phi) is 50.0. The van der Waals surface area contributed by atoms with Crippen LogP contribution in [0.3, 0.4) is 0 Å². The molecule has 0 saturated carbocycles. The van der Waals surface area contributed by atoms with Gasteiger partial charge < -0.3 is 38.3 Å². The molecule has 10 nitrogen and oxygen atoms in total. The maximum absolute atomic E-state index is 9.63. The van der Waals surface area contributed by atoms with Gasteiger partial charge in [0.2, 0.25) is 0 Å². The van der Waals surface area contributed by atoms with E-state index in [0.29, 0.717) is 0 Å². The standard InChI is InChI=1S/CH2O3.3Ca.2ClH.H4O7P2.6H/c2-1(3)4;;;;;;1-8(2,3)7-9(4,5)6;;;;;;/h(H2,2,3,4);;;;2*1H;(H2,1,2,3)(H2,4,5,6);;;;;;/q;3*+2;;;;6*-1. The molecule has 0 atom stereocenters. The van der Waals surface area contributed by atoms with Gasteiger partial charge in [-0.1, -0.05) is 0 Å². The van der Waals surface area contributed by atoms with Crippen molar-refractivity contribution in [1.29, 1.82) is 0 Å². The largest absolute Gasteiger partial charge is 2.00 e. The molecule has 0 aromatic rings. The summed E-state index contributed by atoms with van der Waals surface area (Å²) in [4.78, 5) is 39.6. The quantitative estimate of drug-likeness (QED) is 0.249. The van der Waals surface area contributed by atoms with Crippen LogP contribution >= 0.6 is 40.5 Å². The summed E-state index contributed by atoms with van der Waals surface area (Å²) in [6, 6.07) is 0. The van der Waals surface area contributed by atoms with Crippen LogP contribution in [0, 0.1) is 0 Å². The van der Waals surface area contributed by atoms with Crippen molar-refractivity contribution < 1.29 is 56.6 Å². The van der Waals surface area contributed by atoms with Crippen molar-refractivity contribution in [1.82, 2.24) is 0 Å². The van der Waals surface area contributed by atoms with Crippen LogP contribution in [-0.4, -0.2) is 149 Å². The van der Waals surface area contributed by atoms with E-state index in [4.69, 9.17) is 34.6 Å². The second kappa shape index (κ2) is 20.9. The Labute approximate surface area is 212 Å². The Bertz CT molecular complexity index is 257. The van der Waals surface area contributed by atoms with E-state index in [2.05, 4.69) is 4.31 Å². The van der Waals surface area contributed by atoms with Gasteiger partial charge in [0.15, 0.2) is 0 Å². The molecule has 0 radical (unpaired) electrons. The molecule has 0 aliphatic carbocycles. The molecule has 0 spiro atoms. The average molecular weight is 439 g/mol. The fourth-order valence-corrected chi connectivity index (χ4v) is 1.25. The zero-order valence-corrected chi connectivity index (χ0v) is 18.7. The van der Waals surface area contributed by atoms with E-state index in [9.17, 15) is 9.13 Å². The first kappa shape index (κ1) is 43.1. The molecule has 0 fully saturated rings. The maximum atomic E-state index is 9.63. The fraction of sp³-hybridized carbons (Fsp3) is 0. The molecule has 6 N–H and O–H groups in total. The van der Waals surface area contributed by atoms with Crippen molar-refractivity contribution in [2.24, 2.45) is 0 Å². The summed E-state index contributed by atoms with van der Waals surface area (Å²) in [5.41, 5.74) is 0. The third kappa shape index (κ3) is 72.6. The zero-order chi connectivity index (χ0) is 11.3. The van der Waals surface area contributed by atoms with E-state index in [1.165, 1.54) is 0 Å². The van der Waals surface area contributed by atoms with E-state index < -0.39 is 21.8 Å². The predicted octanol–water partition coefficient (Wildman–Crippen LogP) is -0.213. The van der Waals surface area contributed by atoms with Gasteiger partial charge >= 0.3 is 135 Å². The van der Waals surface area contributed by atoms with Crippen molar-refractivity contribution in [3.8, 4) is 0 Å². The molecule has 17 heteroatoms. The van der Waals surface area contributed by atoms with Gasteiger partial charge in [0.25, 0.3) is 0 Å². The molecule has 0 unspecified atom stereocenters. The molecule has 0 aliphatic heterocycles. The van der Waals surface area contributed by atoms with Gasteiger partial charge in [0.1, 0.15) is 0 Å². The van der Waals surface area contributed by atoms with Crippen LogP contribution in [-0.2, 0) is 13.4 Å². The minimum atomic E-state index is -5.05. The second-order valence-corrected chi connectivity index (χ2v) is 3.96. The number of halogens is 2. The third-order valence-electron chi connectivity index (χ3n) is 0.213. The van der Waals surface area contributed by atoms with Crippen molar-refractivity contribution in [2.75, 3.05) is 0 Å². The molecular weight excluding hydrogens is 425 g/mol. The minimum absolute atomic E-state index is 0. The van der Waals surface area contributed by atoms with Crippen LogP contribution in [0.25, 0.3) is 0 Å². The van der Waals surface area contributed by atoms with Crippen molar-refractivity contribution in [3.05, 3.63) is 0 Å². The Morgan fingerprint density at radius 2 is 0.944 bits per heavy atom. The Morgan fingerprint density at radius 1 is 0.833 bits per heavy atom. The van der Waals surface area contributed by atoms with Gasteiger partial charge in [0, 0.05) is 0 Å². The molecule has 18 heavy (non-hydrogen) atoms. The smallest absolute Gasteiger partial charge is 1.00 e. The van der Waals surface area contributed by atoms with E-state index >= 15 is 0 Å².